The molecule has 0 spiro atoms. The summed E-state index contributed by atoms with van der Waals surface area (Å²) in [5.74, 6) is 0. The van der Waals surface area contributed by atoms with Crippen molar-refractivity contribution < 1.29 is 22.7 Å². The average molecular weight is 472 g/mol. The van der Waals surface area contributed by atoms with Gasteiger partial charge in [-0.1, -0.05) is 6.07 Å². The van der Waals surface area contributed by atoms with Crippen LogP contribution in [0.5, 0.6) is 0 Å². The molecule has 0 radical (unpaired) electrons. The Kier molecular flexibility index (Phi) is 5.57. The molecule has 8 nitrogen and oxygen atoms in total. The predicted molar refractivity (Wildman–Crippen MR) is 107 cm³/mol. The van der Waals surface area contributed by atoms with Crippen molar-refractivity contribution in [2.45, 2.75) is 43.7 Å². The molecule has 10 heteroatoms. The lowest BCUT2D eigenvalue weighted by Crippen LogP contribution is -2.41. The fourth-order valence-corrected chi connectivity index (χ4v) is 5.67. The summed E-state index contributed by atoms with van der Waals surface area (Å²) in [5, 5.41) is 15.3. The van der Waals surface area contributed by atoms with Gasteiger partial charge in [0, 0.05) is 29.9 Å². The number of hydrogen-bond acceptors (Lipinski definition) is 5. The second-order valence-corrected chi connectivity index (χ2v) is 10.4. The third kappa shape index (κ3) is 4.39. The molecule has 2 heterocycles. The SMILES string of the molecule is CC(C)(C)OC(=O)N[C@H]1CCN(S(=O)(=O)c2cccc3c[n+]([O-])cc(Br)c23)C1. The molecule has 1 aromatic heterocycles. The summed E-state index contributed by atoms with van der Waals surface area (Å²) in [7, 11) is -3.80. The lowest BCUT2D eigenvalue weighted by Gasteiger charge is -2.22. The maximum absolute atomic E-state index is 13.2. The minimum Gasteiger partial charge on any atom is -0.619 e. The van der Waals surface area contributed by atoms with Crippen LogP contribution in [0.25, 0.3) is 10.8 Å². The molecule has 1 fully saturated rings. The van der Waals surface area contributed by atoms with Crippen LogP contribution in [-0.2, 0) is 14.8 Å². The number of aromatic nitrogens is 1. The van der Waals surface area contributed by atoms with Crippen LogP contribution in [0.2, 0.25) is 0 Å². The molecular weight excluding hydrogens is 450 g/mol. The van der Waals surface area contributed by atoms with Crippen LogP contribution < -0.4 is 10.0 Å². The topological polar surface area (TPSA) is 103 Å². The standard InChI is InChI=1S/C18H22BrN3O5S/c1-18(2,3)27-17(23)20-13-7-8-22(10-13)28(25,26)15-6-4-5-12-9-21(24)11-14(19)16(12)15/h4-6,9,11,13H,7-8,10H2,1-3H3,(H,20,23)/t13-/m0/s1. The summed E-state index contributed by atoms with van der Waals surface area (Å²) in [6.45, 7) is 5.74. The summed E-state index contributed by atoms with van der Waals surface area (Å²) in [4.78, 5) is 12.1. The van der Waals surface area contributed by atoms with Gasteiger partial charge in [-0.05, 0) is 55.3 Å². The van der Waals surface area contributed by atoms with Crippen LogP contribution in [0, 0.1) is 5.21 Å². The zero-order valence-corrected chi connectivity index (χ0v) is 18.2. The molecular formula is C18H22BrN3O5S. The number of benzene rings is 1. The third-order valence-electron chi connectivity index (χ3n) is 4.29. The van der Waals surface area contributed by atoms with Gasteiger partial charge in [0.2, 0.25) is 10.0 Å². The number of ether oxygens (including phenoxy) is 1. The van der Waals surface area contributed by atoms with Crippen molar-refractivity contribution >= 4 is 42.8 Å². The number of hydrogen-bond donors (Lipinski definition) is 1. The number of rotatable bonds is 3. The van der Waals surface area contributed by atoms with Crippen molar-refractivity contribution in [2.75, 3.05) is 13.1 Å². The van der Waals surface area contributed by atoms with Gasteiger partial charge in [0.15, 0.2) is 12.4 Å². The number of amides is 1. The maximum atomic E-state index is 13.2. The number of carbonyl (C=O) groups is 1. The van der Waals surface area contributed by atoms with Gasteiger partial charge in [0.1, 0.15) is 5.60 Å². The fourth-order valence-electron chi connectivity index (χ4n) is 3.15. The first-order valence-corrected chi connectivity index (χ1v) is 11.0. The molecule has 1 aromatic carbocycles. The minimum absolute atomic E-state index is 0.121. The summed E-state index contributed by atoms with van der Waals surface area (Å²) >= 11 is 3.29. The number of alkyl carbamates (subject to hydrolysis) is 1. The van der Waals surface area contributed by atoms with Gasteiger partial charge in [-0.15, -0.1) is 0 Å². The van der Waals surface area contributed by atoms with Crippen LogP contribution in [0.3, 0.4) is 0 Å². The quantitative estimate of drug-likeness (QED) is 0.547. The highest BCUT2D eigenvalue weighted by Gasteiger charge is 2.35. The fraction of sp³-hybridized carbons (Fsp3) is 0.444. The molecule has 1 saturated heterocycles. The summed E-state index contributed by atoms with van der Waals surface area (Å²) in [5.41, 5.74) is -0.623. The number of nitrogens with one attached hydrogen (secondary N) is 1. The van der Waals surface area contributed by atoms with Crippen molar-refractivity contribution in [1.29, 1.82) is 0 Å². The van der Waals surface area contributed by atoms with E-state index in [1.54, 1.807) is 32.9 Å². The van der Waals surface area contributed by atoms with Crippen LogP contribution in [0.4, 0.5) is 4.79 Å². The Balaban J connectivity index is 1.83. The summed E-state index contributed by atoms with van der Waals surface area (Å²) in [6, 6.07) is 4.48. The first kappa shape index (κ1) is 20.8. The van der Waals surface area contributed by atoms with Crippen molar-refractivity contribution in [2.24, 2.45) is 0 Å². The van der Waals surface area contributed by atoms with Crippen molar-refractivity contribution in [3.63, 3.8) is 0 Å². The molecule has 0 aliphatic carbocycles. The highest BCUT2D eigenvalue weighted by atomic mass is 79.9. The van der Waals surface area contributed by atoms with E-state index in [0.717, 1.165) is 0 Å². The van der Waals surface area contributed by atoms with Gasteiger partial charge in [0.05, 0.1) is 9.37 Å². The highest BCUT2D eigenvalue weighted by molar-refractivity contribution is 9.10. The number of fused-ring (bicyclic) bond motifs is 1. The number of pyridine rings is 1. The Morgan fingerprint density at radius 1 is 1.36 bits per heavy atom. The largest absolute Gasteiger partial charge is 0.619 e. The van der Waals surface area contributed by atoms with E-state index < -0.39 is 21.7 Å². The van der Waals surface area contributed by atoms with Gasteiger partial charge >= 0.3 is 6.09 Å². The zero-order chi connectivity index (χ0) is 20.7. The van der Waals surface area contributed by atoms with Crippen LogP contribution in [0.1, 0.15) is 27.2 Å². The van der Waals surface area contributed by atoms with E-state index in [1.807, 2.05) is 0 Å². The van der Waals surface area contributed by atoms with Gasteiger partial charge in [0.25, 0.3) is 0 Å². The molecule has 3 rings (SSSR count). The van der Waals surface area contributed by atoms with E-state index in [1.165, 1.54) is 22.8 Å². The van der Waals surface area contributed by atoms with E-state index in [4.69, 9.17) is 4.74 Å². The van der Waals surface area contributed by atoms with Crippen LogP contribution >= 0.6 is 15.9 Å². The normalized spacial score (nSPS) is 18.4. The molecule has 0 saturated carbocycles. The monoisotopic (exact) mass is 471 g/mol. The lowest BCUT2D eigenvalue weighted by atomic mass is 10.2. The second kappa shape index (κ2) is 7.49. The number of carbonyl (C=O) groups excluding carboxylic acids is 1. The number of halogens is 1. The Hall–Kier alpha value is -1.91. The van der Waals surface area contributed by atoms with Gasteiger partial charge in [-0.25, -0.2) is 13.2 Å². The van der Waals surface area contributed by atoms with Gasteiger partial charge < -0.3 is 15.3 Å². The number of sulfonamides is 1. The first-order valence-electron chi connectivity index (χ1n) is 8.78. The Morgan fingerprint density at radius 3 is 2.75 bits per heavy atom. The summed E-state index contributed by atoms with van der Waals surface area (Å²) in [6.07, 6.45) is 2.53. The van der Waals surface area contributed by atoms with E-state index in [-0.39, 0.29) is 24.0 Å². The third-order valence-corrected chi connectivity index (χ3v) is 6.80. The smallest absolute Gasteiger partial charge is 0.407 e. The van der Waals surface area contributed by atoms with Crippen molar-refractivity contribution in [3.8, 4) is 0 Å². The van der Waals surface area contributed by atoms with Crippen molar-refractivity contribution in [3.05, 3.63) is 40.3 Å². The minimum atomic E-state index is -3.80. The molecule has 152 valence electrons. The van der Waals surface area contributed by atoms with Crippen LogP contribution in [0.15, 0.2) is 40.0 Å². The molecule has 28 heavy (non-hydrogen) atoms. The second-order valence-electron chi connectivity index (χ2n) is 7.68. The molecule has 2 aromatic rings. The Labute approximate surface area is 172 Å². The van der Waals surface area contributed by atoms with Gasteiger partial charge in [-0.2, -0.15) is 9.04 Å². The predicted octanol–water partition coefficient (Wildman–Crippen LogP) is 2.52. The van der Waals surface area contributed by atoms with E-state index in [0.29, 0.717) is 26.4 Å². The molecule has 1 amide bonds. The molecule has 1 N–H and O–H groups in total. The van der Waals surface area contributed by atoms with Gasteiger partial charge in [-0.3, -0.25) is 0 Å². The van der Waals surface area contributed by atoms with E-state index in [2.05, 4.69) is 21.2 Å². The highest BCUT2D eigenvalue weighted by Crippen LogP contribution is 2.32. The lowest BCUT2D eigenvalue weighted by molar-refractivity contribution is -0.604. The van der Waals surface area contributed by atoms with E-state index in [9.17, 15) is 18.4 Å². The van der Waals surface area contributed by atoms with E-state index >= 15 is 0 Å². The Morgan fingerprint density at radius 2 is 2.07 bits per heavy atom. The van der Waals surface area contributed by atoms with Crippen LogP contribution in [-0.4, -0.2) is 43.5 Å². The number of nitrogens with zero attached hydrogens (tertiary/aromatic N) is 2. The zero-order valence-electron chi connectivity index (χ0n) is 15.8. The average Bonchev–Trinajstić information content (AvgIpc) is 3.01. The first-order chi connectivity index (χ1) is 13.0. The summed E-state index contributed by atoms with van der Waals surface area (Å²) < 4.78 is 34.0. The molecule has 1 aliphatic heterocycles. The Bertz CT molecular complexity index is 1020. The molecule has 0 unspecified atom stereocenters. The molecule has 1 aliphatic rings. The van der Waals surface area contributed by atoms with Crippen molar-refractivity contribution in [1.82, 2.24) is 9.62 Å². The molecule has 0 bridgehead atoms. The molecule has 1 atom stereocenters. The maximum Gasteiger partial charge on any atom is 0.407 e.